The maximum absolute atomic E-state index is 13.1. The molecule has 1 aromatic carbocycles. The fraction of sp³-hybridized carbons (Fsp3) is 0.476. The number of carbonyl (C=O) groups is 1. The van der Waals surface area contributed by atoms with Crippen molar-refractivity contribution >= 4 is 16.1 Å². The van der Waals surface area contributed by atoms with Crippen LogP contribution < -0.4 is 5.32 Å². The number of hydrogen-bond donors (Lipinski definition) is 2. The van der Waals surface area contributed by atoms with E-state index in [1.807, 2.05) is 0 Å². The highest BCUT2D eigenvalue weighted by molar-refractivity contribution is 7.89. The molecule has 2 N–H and O–H groups in total. The number of aliphatic hydroxyl groups excluding tert-OH is 1. The van der Waals surface area contributed by atoms with Crippen molar-refractivity contribution in [3.8, 4) is 11.4 Å². The molecule has 1 aliphatic rings. The molecule has 1 fully saturated rings. The van der Waals surface area contributed by atoms with Gasteiger partial charge in [0.05, 0.1) is 11.5 Å². The first-order valence-corrected chi connectivity index (χ1v) is 11.5. The largest absolute Gasteiger partial charge is 0.444 e. The number of nitrogens with zero attached hydrogens (tertiary/aromatic N) is 3. The lowest BCUT2D eigenvalue weighted by Gasteiger charge is -2.32. The van der Waals surface area contributed by atoms with Gasteiger partial charge in [0.2, 0.25) is 10.0 Å². The molecule has 0 saturated carbocycles. The fourth-order valence-corrected chi connectivity index (χ4v) is 4.76. The first-order valence-electron chi connectivity index (χ1n) is 10.1. The Morgan fingerprint density at radius 3 is 2.45 bits per heavy atom. The van der Waals surface area contributed by atoms with E-state index in [2.05, 4.69) is 15.3 Å². The Kier molecular flexibility index (Phi) is 6.93. The highest BCUT2D eigenvalue weighted by Gasteiger charge is 2.31. The van der Waals surface area contributed by atoms with Gasteiger partial charge in [0.1, 0.15) is 5.60 Å². The maximum atomic E-state index is 13.1. The molecule has 3 rings (SSSR count). The van der Waals surface area contributed by atoms with E-state index >= 15 is 0 Å². The molecule has 9 nitrogen and oxygen atoms in total. The minimum atomic E-state index is -3.69. The molecule has 1 saturated heterocycles. The van der Waals surface area contributed by atoms with Crippen molar-refractivity contribution in [3.63, 3.8) is 0 Å². The highest BCUT2D eigenvalue weighted by Crippen LogP contribution is 2.24. The number of sulfonamides is 1. The van der Waals surface area contributed by atoms with E-state index in [9.17, 15) is 13.2 Å². The topological polar surface area (TPSA) is 122 Å². The predicted molar refractivity (Wildman–Crippen MR) is 115 cm³/mol. The second-order valence-electron chi connectivity index (χ2n) is 8.43. The lowest BCUT2D eigenvalue weighted by Crippen LogP contribution is -2.47. The van der Waals surface area contributed by atoms with Gasteiger partial charge in [-0.15, -0.1) is 0 Å². The van der Waals surface area contributed by atoms with Gasteiger partial charge in [0, 0.05) is 42.7 Å². The number of aliphatic hydroxyl groups is 1. The second kappa shape index (κ2) is 9.29. The van der Waals surface area contributed by atoms with Crippen LogP contribution >= 0.6 is 0 Å². The third-order valence-electron chi connectivity index (χ3n) is 4.79. The van der Waals surface area contributed by atoms with Gasteiger partial charge in [-0.2, -0.15) is 4.31 Å². The van der Waals surface area contributed by atoms with Gasteiger partial charge in [0.15, 0.2) is 5.82 Å². The number of benzene rings is 1. The highest BCUT2D eigenvalue weighted by atomic mass is 32.2. The van der Waals surface area contributed by atoms with Gasteiger partial charge in [-0.3, -0.25) is 0 Å². The average Bonchev–Trinajstić information content (AvgIpc) is 2.73. The van der Waals surface area contributed by atoms with E-state index in [1.165, 1.54) is 16.7 Å². The third kappa shape index (κ3) is 5.99. The van der Waals surface area contributed by atoms with Crippen LogP contribution in [0.5, 0.6) is 0 Å². The van der Waals surface area contributed by atoms with Crippen LogP contribution in [0.15, 0.2) is 41.6 Å². The molecule has 0 aliphatic carbocycles. The predicted octanol–water partition coefficient (Wildman–Crippen LogP) is 2.31. The molecule has 168 valence electrons. The minimum Gasteiger partial charge on any atom is -0.444 e. The number of amides is 1. The normalized spacial score (nSPS) is 16.1. The molecular weight excluding hydrogens is 420 g/mol. The van der Waals surface area contributed by atoms with Crippen LogP contribution in [0.3, 0.4) is 0 Å². The summed E-state index contributed by atoms with van der Waals surface area (Å²) in [5, 5.41) is 11.9. The molecule has 1 amide bonds. The summed E-state index contributed by atoms with van der Waals surface area (Å²) in [7, 11) is -3.69. The Bertz CT molecular complexity index is 1010. The Balaban J connectivity index is 1.66. The molecule has 2 heterocycles. The molecule has 0 radical (unpaired) electrons. The second-order valence-corrected chi connectivity index (χ2v) is 10.4. The lowest BCUT2D eigenvalue weighted by atomic mass is 10.1. The smallest absolute Gasteiger partial charge is 0.407 e. The summed E-state index contributed by atoms with van der Waals surface area (Å²) in [6, 6.07) is 6.36. The van der Waals surface area contributed by atoms with E-state index in [-0.39, 0.29) is 17.5 Å². The molecular formula is C21H28N4O5S. The summed E-state index contributed by atoms with van der Waals surface area (Å²) >= 11 is 0. The summed E-state index contributed by atoms with van der Waals surface area (Å²) in [5.41, 5.74) is 0.573. The van der Waals surface area contributed by atoms with E-state index < -0.39 is 21.7 Å². The van der Waals surface area contributed by atoms with Crippen LogP contribution in [0.2, 0.25) is 0 Å². The zero-order valence-corrected chi connectivity index (χ0v) is 18.7. The minimum absolute atomic E-state index is 0.133. The van der Waals surface area contributed by atoms with Crippen LogP contribution in [0.25, 0.3) is 11.4 Å². The monoisotopic (exact) mass is 448 g/mol. The number of nitrogens with one attached hydrogen (secondary N) is 1. The van der Waals surface area contributed by atoms with Gasteiger partial charge < -0.3 is 15.2 Å². The van der Waals surface area contributed by atoms with Crippen LogP contribution in [-0.2, 0) is 21.4 Å². The van der Waals surface area contributed by atoms with Crippen molar-refractivity contribution in [2.45, 2.75) is 56.8 Å². The average molecular weight is 449 g/mol. The van der Waals surface area contributed by atoms with Crippen LogP contribution in [0, 0.1) is 0 Å². The van der Waals surface area contributed by atoms with Crippen molar-refractivity contribution < 1.29 is 23.1 Å². The van der Waals surface area contributed by atoms with Gasteiger partial charge in [-0.25, -0.2) is 23.2 Å². The maximum Gasteiger partial charge on any atom is 0.407 e. The van der Waals surface area contributed by atoms with E-state index in [4.69, 9.17) is 9.84 Å². The van der Waals surface area contributed by atoms with Gasteiger partial charge >= 0.3 is 6.09 Å². The van der Waals surface area contributed by atoms with Crippen molar-refractivity contribution in [2.75, 3.05) is 13.1 Å². The first kappa shape index (κ1) is 23.1. The summed E-state index contributed by atoms with van der Waals surface area (Å²) in [6.07, 6.45) is 3.53. The molecule has 1 aromatic heterocycles. The number of alkyl carbamates (subject to hydrolysis) is 1. The Labute approximate surface area is 182 Å². The summed E-state index contributed by atoms with van der Waals surface area (Å²) < 4.78 is 32.9. The first-order chi connectivity index (χ1) is 14.6. The SMILES string of the molecule is CC(C)(C)OC(=O)NC1CCN(S(=O)(=O)c2cccc(-c3ncc(CO)cn3)c2)CC1. The van der Waals surface area contributed by atoms with Gasteiger partial charge in [-0.05, 0) is 45.7 Å². The van der Waals surface area contributed by atoms with Gasteiger partial charge in [0.25, 0.3) is 0 Å². The number of ether oxygens (including phenoxy) is 1. The molecule has 0 unspecified atom stereocenters. The molecule has 31 heavy (non-hydrogen) atoms. The number of aromatic nitrogens is 2. The van der Waals surface area contributed by atoms with E-state index in [0.717, 1.165) is 0 Å². The Morgan fingerprint density at radius 2 is 1.87 bits per heavy atom. The van der Waals surface area contributed by atoms with Crippen molar-refractivity contribution in [3.05, 3.63) is 42.2 Å². The van der Waals surface area contributed by atoms with Crippen molar-refractivity contribution in [1.29, 1.82) is 0 Å². The van der Waals surface area contributed by atoms with E-state index in [0.29, 0.717) is 42.9 Å². The number of rotatable bonds is 5. The summed E-state index contributed by atoms with van der Waals surface area (Å²) in [5.74, 6) is 0.384. The zero-order chi connectivity index (χ0) is 22.6. The quantitative estimate of drug-likeness (QED) is 0.720. The van der Waals surface area contributed by atoms with Gasteiger partial charge in [-0.1, -0.05) is 12.1 Å². The third-order valence-corrected chi connectivity index (χ3v) is 6.69. The molecule has 0 bridgehead atoms. The molecule has 0 atom stereocenters. The van der Waals surface area contributed by atoms with Crippen LogP contribution in [0.1, 0.15) is 39.2 Å². The van der Waals surface area contributed by atoms with Crippen LogP contribution in [-0.4, -0.2) is 58.6 Å². The lowest BCUT2D eigenvalue weighted by molar-refractivity contribution is 0.0489. The van der Waals surface area contributed by atoms with Crippen molar-refractivity contribution in [1.82, 2.24) is 19.6 Å². The van der Waals surface area contributed by atoms with E-state index in [1.54, 1.807) is 45.0 Å². The zero-order valence-electron chi connectivity index (χ0n) is 17.9. The Morgan fingerprint density at radius 1 is 1.23 bits per heavy atom. The molecule has 0 spiro atoms. The van der Waals surface area contributed by atoms with Crippen LogP contribution in [0.4, 0.5) is 4.79 Å². The molecule has 2 aromatic rings. The fourth-order valence-electron chi connectivity index (χ4n) is 3.24. The number of piperidine rings is 1. The summed E-state index contributed by atoms with van der Waals surface area (Å²) in [6.45, 7) is 5.82. The Hall–Kier alpha value is -2.56. The number of carbonyl (C=O) groups excluding carboxylic acids is 1. The molecule has 10 heteroatoms. The van der Waals surface area contributed by atoms with Crippen molar-refractivity contribution in [2.24, 2.45) is 0 Å². The molecule has 1 aliphatic heterocycles. The standard InChI is InChI=1S/C21H28N4O5S/c1-21(2,3)30-20(27)24-17-7-9-25(10-8-17)31(28,29)18-6-4-5-16(11-18)19-22-12-15(14-26)13-23-19/h4-6,11-13,17,26H,7-10,14H2,1-3H3,(H,24,27). The number of hydrogen-bond acceptors (Lipinski definition) is 7. The summed E-state index contributed by atoms with van der Waals surface area (Å²) in [4.78, 5) is 20.5.